The second-order valence-corrected chi connectivity index (χ2v) is 11.2. The number of hydrogen-bond acceptors (Lipinski definition) is 5. The number of pyridine rings is 1. The Hall–Kier alpha value is -2.55. The van der Waals surface area contributed by atoms with E-state index in [1.54, 1.807) is 10.9 Å². The van der Waals surface area contributed by atoms with Crippen LogP contribution in [0.5, 0.6) is 0 Å². The summed E-state index contributed by atoms with van der Waals surface area (Å²) in [4.78, 5) is 19.5. The van der Waals surface area contributed by atoms with Crippen molar-refractivity contribution in [1.29, 1.82) is 0 Å². The van der Waals surface area contributed by atoms with Gasteiger partial charge in [0.15, 0.2) is 0 Å². The fourth-order valence-electron chi connectivity index (χ4n) is 5.86. The van der Waals surface area contributed by atoms with Crippen molar-refractivity contribution in [1.82, 2.24) is 19.7 Å². The van der Waals surface area contributed by atoms with Crippen LogP contribution in [0.25, 0.3) is 10.8 Å². The van der Waals surface area contributed by atoms with Gasteiger partial charge in [0.05, 0.1) is 24.4 Å². The van der Waals surface area contributed by atoms with Crippen molar-refractivity contribution in [3.63, 3.8) is 0 Å². The summed E-state index contributed by atoms with van der Waals surface area (Å²) in [5.41, 5.74) is 1.54. The van der Waals surface area contributed by atoms with E-state index in [0.717, 1.165) is 59.4 Å². The molecule has 190 valence electrons. The van der Waals surface area contributed by atoms with Gasteiger partial charge in [0.25, 0.3) is 0 Å². The van der Waals surface area contributed by atoms with Gasteiger partial charge < -0.3 is 10.1 Å². The van der Waals surface area contributed by atoms with E-state index < -0.39 is 11.7 Å². The molecule has 4 heterocycles. The van der Waals surface area contributed by atoms with Crippen LogP contribution in [0.15, 0.2) is 36.7 Å². The molecule has 3 aromatic rings. The van der Waals surface area contributed by atoms with E-state index in [4.69, 9.17) is 16.3 Å². The molecule has 36 heavy (non-hydrogen) atoms. The number of fused-ring (bicyclic) bond motifs is 1. The van der Waals surface area contributed by atoms with E-state index in [2.05, 4.69) is 26.4 Å². The zero-order valence-electron chi connectivity index (χ0n) is 20.6. The van der Waals surface area contributed by atoms with Crippen molar-refractivity contribution in [2.24, 2.45) is 13.0 Å². The van der Waals surface area contributed by atoms with Gasteiger partial charge in [-0.25, -0.2) is 9.37 Å². The van der Waals surface area contributed by atoms with E-state index >= 15 is 0 Å². The number of aryl methyl sites for hydroxylation is 1. The van der Waals surface area contributed by atoms with E-state index in [1.165, 1.54) is 0 Å². The van der Waals surface area contributed by atoms with Gasteiger partial charge in [-0.3, -0.25) is 14.4 Å². The smallest absolute Gasteiger partial charge is 0.229 e. The number of ether oxygens (including phenoxy) is 1. The number of amides is 1. The van der Waals surface area contributed by atoms with Crippen molar-refractivity contribution in [3.05, 3.63) is 52.9 Å². The Bertz CT molecular complexity index is 1310. The van der Waals surface area contributed by atoms with Gasteiger partial charge in [0.2, 0.25) is 5.91 Å². The molecule has 1 aromatic carbocycles. The lowest BCUT2D eigenvalue weighted by Gasteiger charge is -2.43. The Morgan fingerprint density at radius 1 is 1.25 bits per heavy atom. The standard InChI is InChI=1S/C27H31ClFN5O2/c1-27(15-36-14-24(27)29)34-7-3-16(4-8-34)19-9-17-11-25(30-13-18(17)10-22(19)28)31-26(35)21-12-20(21)23-5-6-33(2)32-23/h5-6,9-11,13,16,20-21,24H,3-4,7-8,12,14-15H2,1-2H3,(H,30,31,35)/t20-,21-,24-,27+/m0/s1. The summed E-state index contributed by atoms with van der Waals surface area (Å²) < 4.78 is 21.7. The van der Waals surface area contributed by atoms with Crippen LogP contribution < -0.4 is 5.32 Å². The normalized spacial score (nSPS) is 29.1. The van der Waals surface area contributed by atoms with Crippen LogP contribution in [0.2, 0.25) is 5.02 Å². The molecule has 0 unspecified atom stereocenters. The number of anilines is 1. The molecule has 4 atom stereocenters. The van der Waals surface area contributed by atoms with Crippen LogP contribution in [0, 0.1) is 5.92 Å². The molecule has 2 saturated heterocycles. The lowest BCUT2D eigenvalue weighted by atomic mass is 9.85. The Labute approximate surface area is 215 Å². The SMILES string of the molecule is Cn1ccc([C@H]2C[C@@H]2C(=O)Nc2cc3cc(C4CCN([C@]5(C)COC[C@@H]5F)CC4)c(Cl)cc3cn2)n1. The fraction of sp³-hybridized carbons (Fsp3) is 0.519. The number of benzene rings is 1. The minimum Gasteiger partial charge on any atom is -0.376 e. The van der Waals surface area contributed by atoms with E-state index in [9.17, 15) is 9.18 Å². The molecule has 0 radical (unpaired) electrons. The molecule has 0 bridgehead atoms. The lowest BCUT2D eigenvalue weighted by molar-refractivity contribution is -0.117. The van der Waals surface area contributed by atoms with Crippen LogP contribution in [0.4, 0.5) is 10.2 Å². The van der Waals surface area contributed by atoms with Gasteiger partial charge in [-0.2, -0.15) is 5.10 Å². The molecule has 1 saturated carbocycles. The number of carbonyl (C=O) groups is 1. The molecule has 2 aliphatic heterocycles. The first-order valence-corrected chi connectivity index (χ1v) is 13.1. The van der Waals surface area contributed by atoms with Crippen molar-refractivity contribution >= 4 is 34.1 Å². The van der Waals surface area contributed by atoms with Crippen LogP contribution in [-0.2, 0) is 16.6 Å². The first kappa shape index (κ1) is 23.8. The Balaban J connectivity index is 1.15. The Morgan fingerprint density at radius 3 is 2.75 bits per heavy atom. The van der Waals surface area contributed by atoms with Crippen LogP contribution >= 0.6 is 11.6 Å². The van der Waals surface area contributed by atoms with Gasteiger partial charge in [-0.05, 0) is 80.4 Å². The number of nitrogens with one attached hydrogen (secondary N) is 1. The number of halogens is 2. The summed E-state index contributed by atoms with van der Waals surface area (Å²) in [6.45, 7) is 4.23. The summed E-state index contributed by atoms with van der Waals surface area (Å²) >= 11 is 6.70. The third kappa shape index (κ3) is 4.29. The number of aromatic nitrogens is 3. The van der Waals surface area contributed by atoms with Crippen LogP contribution in [0.3, 0.4) is 0 Å². The second kappa shape index (κ2) is 9.08. The maximum Gasteiger partial charge on any atom is 0.229 e. The minimum atomic E-state index is -0.950. The Kier molecular flexibility index (Phi) is 6.01. The fourth-order valence-corrected chi connectivity index (χ4v) is 6.18. The van der Waals surface area contributed by atoms with Gasteiger partial charge in [0, 0.05) is 41.7 Å². The molecule has 0 spiro atoms. The Morgan fingerprint density at radius 2 is 2.06 bits per heavy atom. The van der Waals surface area contributed by atoms with Gasteiger partial charge in [-0.15, -0.1) is 0 Å². The van der Waals surface area contributed by atoms with Crippen LogP contribution in [-0.4, -0.2) is 63.6 Å². The first-order valence-electron chi connectivity index (χ1n) is 12.7. The number of likely N-dealkylation sites (tertiary alicyclic amines) is 1. The highest BCUT2D eigenvalue weighted by Crippen LogP contribution is 2.47. The summed E-state index contributed by atoms with van der Waals surface area (Å²) in [5, 5.41) is 10.1. The second-order valence-electron chi connectivity index (χ2n) is 10.7. The zero-order chi connectivity index (χ0) is 25.0. The molecular weight excluding hydrogens is 481 g/mol. The number of nitrogens with zero attached hydrogens (tertiary/aromatic N) is 4. The third-order valence-corrected chi connectivity index (χ3v) is 8.65. The summed E-state index contributed by atoms with van der Waals surface area (Å²) in [6, 6.07) is 7.98. The molecule has 3 fully saturated rings. The monoisotopic (exact) mass is 511 g/mol. The molecule has 9 heteroatoms. The molecule has 1 aliphatic carbocycles. The summed E-state index contributed by atoms with van der Waals surface area (Å²) in [6.07, 6.45) is 5.35. The molecular formula is C27H31ClFN5O2. The lowest BCUT2D eigenvalue weighted by Crippen LogP contribution is -2.55. The highest BCUT2D eigenvalue weighted by Gasteiger charge is 2.47. The zero-order valence-corrected chi connectivity index (χ0v) is 21.3. The largest absolute Gasteiger partial charge is 0.376 e. The van der Waals surface area contributed by atoms with Gasteiger partial charge in [0.1, 0.15) is 12.0 Å². The minimum absolute atomic E-state index is 0.0189. The quantitative estimate of drug-likeness (QED) is 0.539. The molecule has 1 N–H and O–H groups in total. The molecule has 7 nitrogen and oxygen atoms in total. The third-order valence-electron chi connectivity index (χ3n) is 8.32. The van der Waals surface area contributed by atoms with Crippen molar-refractivity contribution in [2.75, 3.05) is 31.6 Å². The molecule has 6 rings (SSSR count). The predicted molar refractivity (Wildman–Crippen MR) is 137 cm³/mol. The maximum absolute atomic E-state index is 14.5. The highest BCUT2D eigenvalue weighted by atomic mass is 35.5. The van der Waals surface area contributed by atoms with Gasteiger partial charge >= 0.3 is 0 Å². The molecule has 1 amide bonds. The summed E-state index contributed by atoms with van der Waals surface area (Å²) in [5.74, 6) is 0.937. The van der Waals surface area contributed by atoms with Crippen molar-refractivity contribution in [3.8, 4) is 0 Å². The molecule has 3 aliphatic rings. The number of hydrogen-bond donors (Lipinski definition) is 1. The molecule has 2 aromatic heterocycles. The van der Waals surface area contributed by atoms with Crippen molar-refractivity contribution in [2.45, 2.75) is 49.7 Å². The number of piperidine rings is 1. The first-order chi connectivity index (χ1) is 17.3. The van der Waals surface area contributed by atoms with Crippen LogP contribution in [0.1, 0.15) is 49.3 Å². The van der Waals surface area contributed by atoms with E-state index in [1.807, 2.05) is 38.4 Å². The summed E-state index contributed by atoms with van der Waals surface area (Å²) in [7, 11) is 1.88. The average Bonchev–Trinajstić information content (AvgIpc) is 3.44. The topological polar surface area (TPSA) is 72.3 Å². The number of rotatable bonds is 5. The van der Waals surface area contributed by atoms with E-state index in [0.29, 0.717) is 18.3 Å². The number of alkyl halides is 1. The van der Waals surface area contributed by atoms with Crippen molar-refractivity contribution < 1.29 is 13.9 Å². The van der Waals surface area contributed by atoms with Gasteiger partial charge in [-0.1, -0.05) is 11.6 Å². The maximum atomic E-state index is 14.5. The number of carbonyl (C=O) groups excluding carboxylic acids is 1. The predicted octanol–water partition coefficient (Wildman–Crippen LogP) is 4.67. The van der Waals surface area contributed by atoms with E-state index in [-0.39, 0.29) is 24.3 Å². The average molecular weight is 512 g/mol. The highest BCUT2D eigenvalue weighted by molar-refractivity contribution is 6.32.